The van der Waals surface area contributed by atoms with Crippen LogP contribution < -0.4 is 10.1 Å². The summed E-state index contributed by atoms with van der Waals surface area (Å²) in [7, 11) is 1.64. The predicted molar refractivity (Wildman–Crippen MR) is 108 cm³/mol. The van der Waals surface area contributed by atoms with Crippen LogP contribution in [0.5, 0.6) is 5.75 Å². The van der Waals surface area contributed by atoms with Crippen molar-refractivity contribution in [1.29, 1.82) is 0 Å². The fourth-order valence-electron chi connectivity index (χ4n) is 2.51. The number of methoxy groups -OCH3 is 1. The topological polar surface area (TPSA) is 65.4 Å². The van der Waals surface area contributed by atoms with Gasteiger partial charge in [-0.1, -0.05) is 30.3 Å². The molecule has 0 saturated heterocycles. The summed E-state index contributed by atoms with van der Waals surface area (Å²) in [6.07, 6.45) is 6.85. The van der Waals surface area contributed by atoms with E-state index in [9.17, 15) is 4.79 Å². The lowest BCUT2D eigenvalue weighted by Gasteiger charge is -2.07. The summed E-state index contributed by atoms with van der Waals surface area (Å²) in [5.74, 6) is 0.621. The van der Waals surface area contributed by atoms with Crippen LogP contribution >= 0.6 is 0 Å². The van der Waals surface area contributed by atoms with Gasteiger partial charge in [0.2, 0.25) is 5.91 Å². The van der Waals surface area contributed by atoms with Crippen molar-refractivity contribution in [2.75, 3.05) is 20.3 Å². The van der Waals surface area contributed by atoms with Crippen molar-refractivity contribution in [2.45, 2.75) is 6.54 Å². The van der Waals surface area contributed by atoms with Crippen LogP contribution in [0, 0.1) is 0 Å². The molecule has 0 saturated carbocycles. The summed E-state index contributed by atoms with van der Waals surface area (Å²) in [5.41, 5.74) is 2.83. The molecule has 1 N–H and O–H groups in total. The van der Waals surface area contributed by atoms with Gasteiger partial charge < -0.3 is 14.8 Å². The fraction of sp³-hybridized carbons (Fsp3) is 0.182. The molecule has 0 aliphatic carbocycles. The van der Waals surface area contributed by atoms with Gasteiger partial charge in [0.05, 0.1) is 18.5 Å². The van der Waals surface area contributed by atoms with E-state index in [1.807, 2.05) is 60.8 Å². The molecule has 3 aromatic rings. The van der Waals surface area contributed by atoms with Crippen molar-refractivity contribution in [3.8, 4) is 11.4 Å². The normalized spacial score (nSPS) is 10.9. The fourth-order valence-corrected chi connectivity index (χ4v) is 2.51. The molecule has 6 nitrogen and oxygen atoms in total. The zero-order chi connectivity index (χ0) is 19.6. The molecule has 2 aromatic carbocycles. The molecule has 144 valence electrons. The first-order valence-electron chi connectivity index (χ1n) is 9.01. The number of carbonyl (C=O) groups excluding carboxylic acids is 1. The Balaban J connectivity index is 1.47. The van der Waals surface area contributed by atoms with Crippen LogP contribution in [0.1, 0.15) is 11.1 Å². The van der Waals surface area contributed by atoms with Gasteiger partial charge in [0.25, 0.3) is 0 Å². The van der Waals surface area contributed by atoms with Crippen LogP contribution in [-0.2, 0) is 16.1 Å². The van der Waals surface area contributed by atoms with E-state index >= 15 is 0 Å². The molecule has 1 aromatic heterocycles. The predicted octanol–water partition coefficient (Wildman–Crippen LogP) is 3.23. The number of benzene rings is 2. The van der Waals surface area contributed by atoms with Gasteiger partial charge in [-0.3, -0.25) is 4.79 Å². The zero-order valence-corrected chi connectivity index (χ0v) is 15.7. The number of hydrogen-bond donors (Lipinski definition) is 1. The maximum Gasteiger partial charge on any atom is 0.244 e. The number of rotatable bonds is 9. The Morgan fingerprint density at radius 1 is 1.11 bits per heavy atom. The van der Waals surface area contributed by atoms with Crippen LogP contribution in [0.4, 0.5) is 0 Å². The largest absolute Gasteiger partial charge is 0.491 e. The van der Waals surface area contributed by atoms with Crippen LogP contribution in [-0.4, -0.2) is 36.0 Å². The quantitative estimate of drug-likeness (QED) is 0.459. The lowest BCUT2D eigenvalue weighted by molar-refractivity contribution is -0.116. The van der Waals surface area contributed by atoms with Crippen molar-refractivity contribution in [1.82, 2.24) is 15.1 Å². The summed E-state index contributed by atoms with van der Waals surface area (Å²) < 4.78 is 12.2. The molecule has 6 heteroatoms. The number of amides is 1. The lowest BCUT2D eigenvalue weighted by Crippen LogP contribution is -2.20. The first kappa shape index (κ1) is 19.4. The zero-order valence-electron chi connectivity index (χ0n) is 15.7. The molecular weight excluding hydrogens is 354 g/mol. The first-order valence-corrected chi connectivity index (χ1v) is 9.01. The van der Waals surface area contributed by atoms with Crippen LogP contribution in [0.2, 0.25) is 0 Å². The van der Waals surface area contributed by atoms with E-state index in [0.717, 1.165) is 22.6 Å². The molecule has 3 rings (SSSR count). The van der Waals surface area contributed by atoms with Gasteiger partial charge in [-0.15, -0.1) is 0 Å². The van der Waals surface area contributed by atoms with Gasteiger partial charge in [0, 0.05) is 31.5 Å². The molecule has 0 atom stereocenters. The number of hydrogen-bond acceptors (Lipinski definition) is 4. The number of nitrogens with one attached hydrogen (secondary N) is 1. The Bertz CT molecular complexity index is 902. The van der Waals surface area contributed by atoms with Crippen LogP contribution in [0.15, 0.2) is 73.1 Å². The average Bonchev–Trinajstić information content (AvgIpc) is 3.22. The maximum absolute atomic E-state index is 12.0. The van der Waals surface area contributed by atoms with E-state index < -0.39 is 0 Å². The summed E-state index contributed by atoms with van der Waals surface area (Å²) in [5, 5.41) is 7.17. The van der Waals surface area contributed by atoms with Crippen molar-refractivity contribution >= 4 is 12.0 Å². The highest BCUT2D eigenvalue weighted by atomic mass is 16.5. The maximum atomic E-state index is 12.0. The molecule has 0 bridgehead atoms. The molecule has 0 aliphatic heterocycles. The van der Waals surface area contributed by atoms with E-state index in [4.69, 9.17) is 9.47 Å². The van der Waals surface area contributed by atoms with Gasteiger partial charge >= 0.3 is 0 Å². The Morgan fingerprint density at radius 3 is 2.64 bits per heavy atom. The minimum atomic E-state index is -0.159. The molecule has 0 radical (unpaired) electrons. The average molecular weight is 377 g/mol. The Labute approximate surface area is 164 Å². The second-order valence-corrected chi connectivity index (χ2v) is 6.09. The van der Waals surface area contributed by atoms with E-state index in [1.54, 1.807) is 24.1 Å². The van der Waals surface area contributed by atoms with Gasteiger partial charge in [-0.05, 0) is 35.9 Å². The highest BCUT2D eigenvalue weighted by molar-refractivity contribution is 5.91. The number of carbonyl (C=O) groups is 1. The Kier molecular flexibility index (Phi) is 6.98. The third kappa shape index (κ3) is 5.82. The van der Waals surface area contributed by atoms with E-state index in [0.29, 0.717) is 19.8 Å². The van der Waals surface area contributed by atoms with Gasteiger partial charge in [-0.25, -0.2) is 4.68 Å². The molecule has 0 fully saturated rings. The minimum absolute atomic E-state index is 0.159. The summed E-state index contributed by atoms with van der Waals surface area (Å²) in [4.78, 5) is 12.0. The van der Waals surface area contributed by atoms with E-state index in [-0.39, 0.29) is 5.91 Å². The third-order valence-electron chi connectivity index (χ3n) is 4.00. The lowest BCUT2D eigenvalue weighted by atomic mass is 10.2. The standard InChI is InChI=1S/C22H23N3O3/c1-27-13-14-28-21-10-7-18(8-11-21)15-23-22(26)12-9-19-16-24-25(17-19)20-5-3-2-4-6-20/h2-12,16-17H,13-15H2,1H3,(H,23,26)/b12-9+. The molecule has 0 spiro atoms. The highest BCUT2D eigenvalue weighted by Crippen LogP contribution is 2.12. The van der Waals surface area contributed by atoms with Crippen molar-refractivity contribution in [2.24, 2.45) is 0 Å². The van der Waals surface area contributed by atoms with Crippen molar-refractivity contribution < 1.29 is 14.3 Å². The van der Waals surface area contributed by atoms with Crippen LogP contribution in [0.25, 0.3) is 11.8 Å². The van der Waals surface area contributed by atoms with E-state index in [2.05, 4.69) is 10.4 Å². The summed E-state index contributed by atoms with van der Waals surface area (Å²) in [6.45, 7) is 1.51. The molecule has 28 heavy (non-hydrogen) atoms. The van der Waals surface area contributed by atoms with Crippen molar-refractivity contribution in [3.63, 3.8) is 0 Å². The minimum Gasteiger partial charge on any atom is -0.491 e. The number of ether oxygens (including phenoxy) is 2. The third-order valence-corrected chi connectivity index (χ3v) is 4.00. The second kappa shape index (κ2) is 10.1. The highest BCUT2D eigenvalue weighted by Gasteiger charge is 2.01. The van der Waals surface area contributed by atoms with Gasteiger partial charge in [-0.2, -0.15) is 5.10 Å². The van der Waals surface area contributed by atoms with E-state index in [1.165, 1.54) is 6.08 Å². The van der Waals surface area contributed by atoms with Crippen LogP contribution in [0.3, 0.4) is 0 Å². The Hall–Kier alpha value is -3.38. The van der Waals surface area contributed by atoms with Gasteiger partial charge in [0.15, 0.2) is 0 Å². The molecule has 1 heterocycles. The van der Waals surface area contributed by atoms with Crippen molar-refractivity contribution in [3.05, 3.63) is 84.2 Å². The number of nitrogens with zero attached hydrogens (tertiary/aromatic N) is 2. The molecular formula is C22H23N3O3. The monoisotopic (exact) mass is 377 g/mol. The summed E-state index contributed by atoms with van der Waals surface area (Å²) >= 11 is 0. The van der Waals surface area contributed by atoms with Gasteiger partial charge in [0.1, 0.15) is 12.4 Å². The SMILES string of the molecule is COCCOc1ccc(CNC(=O)/C=C/c2cnn(-c3ccccc3)c2)cc1. The number of aromatic nitrogens is 2. The molecule has 0 aliphatic rings. The molecule has 0 unspecified atom stereocenters. The Morgan fingerprint density at radius 2 is 1.89 bits per heavy atom. The smallest absolute Gasteiger partial charge is 0.244 e. The first-order chi connectivity index (χ1) is 13.7. The summed E-state index contributed by atoms with van der Waals surface area (Å²) in [6, 6.07) is 17.4. The second-order valence-electron chi connectivity index (χ2n) is 6.09. The number of para-hydroxylation sites is 1. The molecule has 1 amide bonds.